The number of para-hydroxylation sites is 2. The molecule has 0 fully saturated rings. The minimum atomic E-state index is -4.91. The van der Waals surface area contributed by atoms with Gasteiger partial charge in [0.25, 0.3) is 0 Å². The van der Waals surface area contributed by atoms with Crippen molar-refractivity contribution in [1.82, 2.24) is 4.65 Å². The molecule has 0 aromatic heterocycles. The summed E-state index contributed by atoms with van der Waals surface area (Å²) in [5, 5.41) is 11.4. The summed E-state index contributed by atoms with van der Waals surface area (Å²) in [7, 11) is 0. The van der Waals surface area contributed by atoms with Crippen LogP contribution in [0.5, 0.6) is 0 Å². The molecule has 3 nitrogen and oxygen atoms in total. The van der Waals surface area contributed by atoms with E-state index in [4.69, 9.17) is 0 Å². The van der Waals surface area contributed by atoms with Crippen LogP contribution in [0, 0.1) is 5.21 Å². The maximum atomic E-state index is 12.4. The van der Waals surface area contributed by atoms with Crippen molar-refractivity contribution in [1.29, 1.82) is 0 Å². The molecule has 0 bridgehead atoms. The van der Waals surface area contributed by atoms with Gasteiger partial charge in [-0.1, -0.05) is 12.1 Å². The van der Waals surface area contributed by atoms with Gasteiger partial charge in [-0.05, 0) is 6.07 Å². The molecule has 1 unspecified atom stereocenters. The van der Waals surface area contributed by atoms with Crippen molar-refractivity contribution in [3.05, 3.63) is 29.5 Å². The van der Waals surface area contributed by atoms with E-state index < -0.39 is 10.9 Å². The molecule has 1 aliphatic rings. The average molecular weight is 202 g/mol. The van der Waals surface area contributed by atoms with E-state index in [0.717, 1.165) is 6.07 Å². The lowest BCUT2D eigenvalue weighted by Crippen LogP contribution is -2.52. The van der Waals surface area contributed by atoms with E-state index in [9.17, 15) is 18.4 Å². The number of hydrogen-bond acceptors (Lipinski definition) is 2. The molecule has 14 heavy (non-hydrogen) atoms. The third-order valence-electron chi connectivity index (χ3n) is 1.98. The van der Waals surface area contributed by atoms with Gasteiger partial charge in [0.05, 0.1) is 0 Å². The first-order valence-electron chi connectivity index (χ1n) is 3.76. The third-order valence-corrected chi connectivity index (χ3v) is 1.98. The van der Waals surface area contributed by atoms with Crippen molar-refractivity contribution >= 4 is 17.7 Å². The number of aliphatic imine (C=N–C) groups is 1. The number of hydrogen-bond donors (Lipinski definition) is 0. The van der Waals surface area contributed by atoms with Crippen molar-refractivity contribution in [2.45, 2.75) is 6.30 Å². The highest BCUT2D eigenvalue weighted by atomic mass is 19.4. The average Bonchev–Trinajstić information content (AvgIpc) is 2.45. The zero-order valence-corrected chi connectivity index (χ0v) is 6.82. The summed E-state index contributed by atoms with van der Waals surface area (Å²) in [5.41, 5.74) is -0.320. The van der Waals surface area contributed by atoms with Crippen LogP contribution in [0.3, 0.4) is 0 Å². The highest BCUT2D eigenvalue weighted by molar-refractivity contribution is 5.89. The second-order valence-corrected chi connectivity index (χ2v) is 2.86. The number of fused-ring (bicyclic) bond motifs is 1. The van der Waals surface area contributed by atoms with E-state index in [1.165, 1.54) is 18.2 Å². The van der Waals surface area contributed by atoms with E-state index >= 15 is 0 Å². The maximum absolute atomic E-state index is 12.4. The van der Waals surface area contributed by atoms with Gasteiger partial charge >= 0.3 is 6.30 Å². The third kappa shape index (κ3) is 1.04. The van der Waals surface area contributed by atoms with E-state index in [0.29, 0.717) is 6.34 Å². The van der Waals surface area contributed by atoms with Crippen LogP contribution in [0.15, 0.2) is 29.3 Å². The van der Waals surface area contributed by atoms with Gasteiger partial charge in [-0.25, -0.2) is 0 Å². The zero-order chi connectivity index (χ0) is 10.4. The number of halogens is 3. The molecule has 0 radical (unpaired) electrons. The van der Waals surface area contributed by atoms with Gasteiger partial charge < -0.3 is 5.21 Å². The number of nitrogens with zero attached hydrogens (tertiary/aromatic N) is 2. The fourth-order valence-corrected chi connectivity index (χ4v) is 1.26. The molecule has 0 aliphatic carbocycles. The number of benzene rings is 1. The first kappa shape index (κ1) is 9.17. The normalized spacial score (nSPS) is 25.1. The second-order valence-electron chi connectivity index (χ2n) is 2.86. The molecule has 1 atom stereocenters. The van der Waals surface area contributed by atoms with Crippen molar-refractivity contribution < 1.29 is 13.2 Å². The predicted octanol–water partition coefficient (Wildman–Crippen LogP) is 2.68. The highest BCUT2D eigenvalue weighted by Gasteiger charge is 2.53. The fourth-order valence-electron chi connectivity index (χ4n) is 1.26. The van der Waals surface area contributed by atoms with Gasteiger partial charge in [0, 0.05) is 6.07 Å². The smallest absolute Gasteiger partial charge is 0.571 e. The monoisotopic (exact) mass is 202 g/mol. The minimum Gasteiger partial charge on any atom is -0.614 e. The van der Waals surface area contributed by atoms with Crippen LogP contribution in [0.25, 0.3) is 0 Å². The maximum Gasteiger partial charge on any atom is 0.571 e. The lowest BCUT2D eigenvalue weighted by atomic mass is 10.2. The van der Waals surface area contributed by atoms with E-state index in [1.807, 2.05) is 0 Å². The Balaban J connectivity index is 2.59. The van der Waals surface area contributed by atoms with Gasteiger partial charge in [-0.2, -0.15) is 9.64 Å². The van der Waals surface area contributed by atoms with E-state index in [1.54, 1.807) is 0 Å². The molecule has 0 amide bonds. The molecular weight excluding hydrogens is 197 g/mol. The van der Waals surface area contributed by atoms with Gasteiger partial charge in [0.15, 0.2) is 5.69 Å². The van der Waals surface area contributed by atoms with Crippen LogP contribution in [-0.2, 0) is 0 Å². The van der Waals surface area contributed by atoms with Crippen molar-refractivity contribution in [2.75, 3.05) is 0 Å². The van der Waals surface area contributed by atoms with Crippen LogP contribution in [0.1, 0.15) is 0 Å². The Morgan fingerprint density at radius 1 is 1.21 bits per heavy atom. The molecule has 1 aromatic rings. The van der Waals surface area contributed by atoms with Crippen molar-refractivity contribution in [2.24, 2.45) is 4.99 Å². The van der Waals surface area contributed by atoms with E-state index in [-0.39, 0.29) is 11.4 Å². The fraction of sp³-hybridized carbons (Fsp3) is 0.125. The van der Waals surface area contributed by atoms with Crippen LogP contribution in [-0.4, -0.2) is 12.6 Å². The topological polar surface area (TPSA) is 35.4 Å². The Labute approximate surface area is 77.3 Å². The van der Waals surface area contributed by atoms with E-state index in [2.05, 4.69) is 4.99 Å². The summed E-state index contributed by atoms with van der Waals surface area (Å²) in [6.07, 6.45) is -4.55. The summed E-state index contributed by atoms with van der Waals surface area (Å²) >= 11 is 0. The SMILES string of the molecule is [O-][N+]1(C(F)(F)F)C=Nc2ccccc21. The predicted molar refractivity (Wildman–Crippen MR) is 45.8 cm³/mol. The summed E-state index contributed by atoms with van der Waals surface area (Å²) in [4.78, 5) is 3.43. The molecule has 2 rings (SSSR count). The Kier molecular flexibility index (Phi) is 1.67. The molecule has 6 heteroatoms. The standard InChI is InChI=1S/C8H5F3N2O/c9-8(10,11)13(14)5-12-6-3-1-2-4-7(6)13/h1-5H. The minimum absolute atomic E-state index is 0.0693. The number of alkyl halides is 3. The highest BCUT2D eigenvalue weighted by Crippen LogP contribution is 2.44. The van der Waals surface area contributed by atoms with Crippen LogP contribution in [0.4, 0.5) is 24.5 Å². The van der Waals surface area contributed by atoms with Gasteiger partial charge in [-0.15, -0.1) is 13.2 Å². The lowest BCUT2D eigenvalue weighted by molar-refractivity contribution is -0.194. The number of quaternary nitrogens is 1. The summed E-state index contributed by atoms with van der Waals surface area (Å²) < 4.78 is 34.7. The molecule has 74 valence electrons. The van der Waals surface area contributed by atoms with Gasteiger partial charge in [0.1, 0.15) is 5.69 Å². The van der Waals surface area contributed by atoms with Crippen LogP contribution >= 0.6 is 0 Å². The molecule has 1 heterocycles. The quantitative estimate of drug-likeness (QED) is 0.362. The zero-order valence-electron chi connectivity index (χ0n) is 6.82. The largest absolute Gasteiger partial charge is 0.614 e. The molecule has 1 aliphatic heterocycles. The van der Waals surface area contributed by atoms with Crippen molar-refractivity contribution in [3.8, 4) is 0 Å². The molecule has 0 saturated heterocycles. The van der Waals surface area contributed by atoms with Crippen molar-refractivity contribution in [3.63, 3.8) is 0 Å². The van der Waals surface area contributed by atoms with Gasteiger partial charge in [-0.3, -0.25) is 0 Å². The summed E-state index contributed by atoms with van der Waals surface area (Å²) in [5.74, 6) is 0. The molecule has 1 aromatic carbocycles. The Morgan fingerprint density at radius 2 is 1.86 bits per heavy atom. The Hall–Kier alpha value is -1.40. The lowest BCUT2D eigenvalue weighted by Gasteiger charge is -2.34. The molecule has 0 N–H and O–H groups in total. The number of hydroxylamine groups is 2. The van der Waals surface area contributed by atoms with Gasteiger partial charge in [0.2, 0.25) is 6.34 Å². The Bertz CT molecular complexity index is 402. The van der Waals surface area contributed by atoms with Crippen LogP contribution < -0.4 is 4.65 Å². The molecule has 0 spiro atoms. The first-order valence-corrected chi connectivity index (χ1v) is 3.76. The first-order chi connectivity index (χ1) is 6.45. The van der Waals surface area contributed by atoms with Crippen LogP contribution in [0.2, 0.25) is 0 Å². The second kappa shape index (κ2) is 2.55. The Morgan fingerprint density at radius 3 is 2.50 bits per heavy atom. The molecular formula is C8H5F3N2O. The summed E-state index contributed by atoms with van der Waals surface area (Å²) in [6, 6.07) is 5.41. The summed E-state index contributed by atoms with van der Waals surface area (Å²) in [6.45, 7) is 0. The molecule has 0 saturated carbocycles. The number of rotatable bonds is 0.